The van der Waals surface area contributed by atoms with E-state index in [0.717, 1.165) is 12.8 Å². The van der Waals surface area contributed by atoms with Crippen molar-refractivity contribution in [2.75, 3.05) is 11.4 Å². The van der Waals surface area contributed by atoms with E-state index in [1.54, 1.807) is 29.4 Å². The second kappa shape index (κ2) is 4.08. The third-order valence-electron chi connectivity index (χ3n) is 3.71. The minimum Gasteiger partial charge on any atom is -0.312 e. The standard InChI is InChI=1S/C13H15N3O2/c1-9-4-6-15-11(7-9)12(17)16(13(15)18)10-3-2-5-14-8-10/h2-3,5,8-9,11H,4,6-7H2,1H3/t9-,11+/m0/s1. The van der Waals surface area contributed by atoms with Gasteiger partial charge in [0, 0.05) is 12.7 Å². The molecule has 2 atom stereocenters. The Bertz CT molecular complexity index is 488. The zero-order chi connectivity index (χ0) is 12.7. The Morgan fingerprint density at radius 2 is 2.22 bits per heavy atom. The zero-order valence-corrected chi connectivity index (χ0v) is 10.2. The van der Waals surface area contributed by atoms with Crippen molar-refractivity contribution in [3.05, 3.63) is 24.5 Å². The Labute approximate surface area is 105 Å². The van der Waals surface area contributed by atoms with Gasteiger partial charge in [0.15, 0.2) is 0 Å². The SMILES string of the molecule is C[C@H]1CCN2C(=O)N(c3cccnc3)C(=O)[C@H]2C1. The van der Waals surface area contributed by atoms with Crippen LogP contribution < -0.4 is 4.90 Å². The maximum absolute atomic E-state index is 12.3. The molecule has 0 spiro atoms. The van der Waals surface area contributed by atoms with Crippen molar-refractivity contribution in [1.82, 2.24) is 9.88 Å². The highest BCUT2D eigenvalue weighted by atomic mass is 16.2. The normalized spacial score (nSPS) is 27.6. The van der Waals surface area contributed by atoms with E-state index in [4.69, 9.17) is 0 Å². The third kappa shape index (κ3) is 1.58. The molecule has 1 aromatic rings. The smallest absolute Gasteiger partial charge is 0.312 e. The number of rotatable bonds is 1. The van der Waals surface area contributed by atoms with Crippen LogP contribution in [0.1, 0.15) is 19.8 Å². The largest absolute Gasteiger partial charge is 0.332 e. The first-order valence-corrected chi connectivity index (χ1v) is 6.23. The molecule has 3 amide bonds. The van der Waals surface area contributed by atoms with Crippen molar-refractivity contribution in [2.45, 2.75) is 25.8 Å². The minimum atomic E-state index is -0.276. The minimum absolute atomic E-state index is 0.112. The number of carbonyl (C=O) groups excluding carboxylic acids is 2. The van der Waals surface area contributed by atoms with E-state index in [1.807, 2.05) is 0 Å². The predicted molar refractivity (Wildman–Crippen MR) is 66.0 cm³/mol. The van der Waals surface area contributed by atoms with Crippen molar-refractivity contribution < 1.29 is 9.59 Å². The number of piperidine rings is 1. The Morgan fingerprint density at radius 3 is 2.94 bits per heavy atom. The van der Waals surface area contributed by atoms with Gasteiger partial charge in [0.25, 0.3) is 5.91 Å². The van der Waals surface area contributed by atoms with Crippen molar-refractivity contribution in [1.29, 1.82) is 0 Å². The number of hydrogen-bond donors (Lipinski definition) is 0. The molecule has 2 aliphatic rings. The summed E-state index contributed by atoms with van der Waals surface area (Å²) in [6.45, 7) is 2.80. The van der Waals surface area contributed by atoms with Crippen LogP contribution in [0.2, 0.25) is 0 Å². The number of fused-ring (bicyclic) bond motifs is 1. The summed E-state index contributed by atoms with van der Waals surface area (Å²) in [5, 5.41) is 0. The first-order chi connectivity index (χ1) is 8.68. The maximum Gasteiger partial charge on any atom is 0.332 e. The van der Waals surface area contributed by atoms with Gasteiger partial charge in [0.2, 0.25) is 0 Å². The summed E-state index contributed by atoms with van der Waals surface area (Å²) in [5.74, 6) is 0.386. The quantitative estimate of drug-likeness (QED) is 0.707. The van der Waals surface area contributed by atoms with E-state index in [2.05, 4.69) is 11.9 Å². The fourth-order valence-electron chi connectivity index (χ4n) is 2.70. The van der Waals surface area contributed by atoms with E-state index in [0.29, 0.717) is 18.2 Å². The predicted octanol–water partition coefficient (Wildman–Crippen LogP) is 1.65. The molecule has 5 nitrogen and oxygen atoms in total. The van der Waals surface area contributed by atoms with Crippen LogP contribution in [0, 0.1) is 5.92 Å². The molecule has 0 aromatic carbocycles. The van der Waals surface area contributed by atoms with Gasteiger partial charge in [-0.1, -0.05) is 6.92 Å². The highest BCUT2D eigenvalue weighted by molar-refractivity contribution is 6.21. The van der Waals surface area contributed by atoms with E-state index < -0.39 is 0 Å². The van der Waals surface area contributed by atoms with E-state index >= 15 is 0 Å². The Kier molecular flexibility index (Phi) is 2.54. The summed E-state index contributed by atoms with van der Waals surface area (Å²) in [5.41, 5.74) is 0.564. The molecule has 3 heterocycles. The van der Waals surface area contributed by atoms with Gasteiger partial charge in [-0.3, -0.25) is 9.78 Å². The summed E-state index contributed by atoms with van der Waals surface area (Å²) in [4.78, 5) is 31.5. The van der Waals surface area contributed by atoms with Crippen LogP contribution in [0.4, 0.5) is 10.5 Å². The number of pyridine rings is 1. The average molecular weight is 245 g/mol. The number of amides is 3. The molecule has 0 aliphatic carbocycles. The topological polar surface area (TPSA) is 53.5 Å². The first kappa shape index (κ1) is 11.2. The molecule has 0 radical (unpaired) electrons. The van der Waals surface area contributed by atoms with Gasteiger partial charge in [-0.05, 0) is 30.9 Å². The van der Waals surface area contributed by atoms with Gasteiger partial charge < -0.3 is 4.90 Å². The van der Waals surface area contributed by atoms with Crippen molar-refractivity contribution in [2.24, 2.45) is 5.92 Å². The molecule has 0 N–H and O–H groups in total. The summed E-state index contributed by atoms with van der Waals surface area (Å²) in [6.07, 6.45) is 4.92. The third-order valence-corrected chi connectivity index (χ3v) is 3.71. The molecule has 2 saturated heterocycles. The number of aromatic nitrogens is 1. The molecular formula is C13H15N3O2. The molecule has 1 aromatic heterocycles. The van der Waals surface area contributed by atoms with Crippen LogP contribution in [0.15, 0.2) is 24.5 Å². The summed E-state index contributed by atoms with van der Waals surface area (Å²) in [7, 11) is 0. The molecule has 2 fully saturated rings. The van der Waals surface area contributed by atoms with Crippen LogP contribution in [-0.4, -0.2) is 34.4 Å². The van der Waals surface area contributed by atoms with Gasteiger partial charge in [-0.25, -0.2) is 9.69 Å². The highest BCUT2D eigenvalue weighted by Gasteiger charge is 2.47. The lowest BCUT2D eigenvalue weighted by Gasteiger charge is -2.30. The number of nitrogens with zero attached hydrogens (tertiary/aromatic N) is 3. The van der Waals surface area contributed by atoms with Gasteiger partial charge in [-0.15, -0.1) is 0 Å². The van der Waals surface area contributed by atoms with E-state index in [1.165, 1.54) is 4.90 Å². The molecule has 0 saturated carbocycles. The van der Waals surface area contributed by atoms with Crippen molar-refractivity contribution in [3.63, 3.8) is 0 Å². The van der Waals surface area contributed by atoms with Gasteiger partial charge in [0.05, 0.1) is 11.9 Å². The fourth-order valence-corrected chi connectivity index (χ4v) is 2.70. The van der Waals surface area contributed by atoms with Crippen LogP contribution in [0.3, 0.4) is 0 Å². The number of hydrogen-bond acceptors (Lipinski definition) is 3. The fraction of sp³-hybridized carbons (Fsp3) is 0.462. The summed E-state index contributed by atoms with van der Waals surface area (Å²) in [6, 6.07) is 2.99. The zero-order valence-electron chi connectivity index (χ0n) is 10.2. The van der Waals surface area contributed by atoms with Crippen LogP contribution in [0.25, 0.3) is 0 Å². The van der Waals surface area contributed by atoms with E-state index in [9.17, 15) is 9.59 Å². The van der Waals surface area contributed by atoms with Crippen molar-refractivity contribution >= 4 is 17.6 Å². The number of imide groups is 1. The second-order valence-electron chi connectivity index (χ2n) is 5.01. The monoisotopic (exact) mass is 245 g/mol. The second-order valence-corrected chi connectivity index (χ2v) is 5.01. The lowest BCUT2D eigenvalue weighted by molar-refractivity contribution is -0.120. The highest BCUT2D eigenvalue weighted by Crippen LogP contribution is 2.32. The number of carbonyl (C=O) groups is 2. The molecular weight excluding hydrogens is 230 g/mol. The molecule has 5 heteroatoms. The van der Waals surface area contributed by atoms with Crippen molar-refractivity contribution in [3.8, 4) is 0 Å². The Morgan fingerprint density at radius 1 is 1.39 bits per heavy atom. The van der Waals surface area contributed by atoms with Gasteiger partial charge >= 0.3 is 6.03 Å². The first-order valence-electron chi connectivity index (χ1n) is 6.23. The molecule has 0 bridgehead atoms. The lowest BCUT2D eigenvalue weighted by atomic mass is 9.93. The number of urea groups is 1. The summed E-state index contributed by atoms with van der Waals surface area (Å²) < 4.78 is 0. The molecule has 3 rings (SSSR count). The van der Waals surface area contributed by atoms with E-state index in [-0.39, 0.29) is 18.0 Å². The summed E-state index contributed by atoms with van der Waals surface area (Å²) >= 11 is 0. The van der Waals surface area contributed by atoms with Crippen LogP contribution in [-0.2, 0) is 4.79 Å². The van der Waals surface area contributed by atoms with Gasteiger partial charge in [0.1, 0.15) is 6.04 Å². The molecule has 18 heavy (non-hydrogen) atoms. The van der Waals surface area contributed by atoms with Crippen LogP contribution >= 0.6 is 0 Å². The Hall–Kier alpha value is -1.91. The number of anilines is 1. The molecule has 0 unspecified atom stereocenters. The molecule has 94 valence electrons. The van der Waals surface area contributed by atoms with Crippen LogP contribution in [0.5, 0.6) is 0 Å². The maximum atomic E-state index is 12.3. The molecule has 2 aliphatic heterocycles. The lowest BCUT2D eigenvalue weighted by Crippen LogP contribution is -2.41. The average Bonchev–Trinajstić information content (AvgIpc) is 2.63. The van der Waals surface area contributed by atoms with Gasteiger partial charge in [-0.2, -0.15) is 0 Å². The Balaban J connectivity index is 1.94.